The first-order valence-corrected chi connectivity index (χ1v) is 6.33. The number of nitro benzene ring substituents is 1. The van der Waals surface area contributed by atoms with Crippen LogP contribution in [0.5, 0.6) is 0 Å². The van der Waals surface area contributed by atoms with E-state index in [2.05, 4.69) is 4.98 Å². The minimum atomic E-state index is -0.478. The first-order valence-electron chi connectivity index (χ1n) is 5.51. The van der Waals surface area contributed by atoms with Crippen LogP contribution in [0.15, 0.2) is 35.1 Å². The lowest BCUT2D eigenvalue weighted by Crippen LogP contribution is -1.99. The normalized spacial score (nSPS) is 10.6. The topological polar surface area (TPSA) is 96.9 Å². The Morgan fingerprint density at radius 2 is 2.05 bits per heavy atom. The molecule has 0 fully saturated rings. The van der Waals surface area contributed by atoms with Crippen molar-refractivity contribution in [3.63, 3.8) is 0 Å². The molecule has 96 valence electrons. The Bertz CT molecular complexity index is 972. The van der Waals surface area contributed by atoms with Gasteiger partial charge in [-0.25, -0.2) is 4.98 Å². The SMILES string of the molecule is N#Cc1cc2cc3cc([N+](=O)[O-])ccc3nc2sc1=O. The molecule has 0 N–H and O–H groups in total. The van der Waals surface area contributed by atoms with Crippen molar-refractivity contribution in [1.29, 1.82) is 5.26 Å². The van der Waals surface area contributed by atoms with E-state index in [0.717, 1.165) is 11.3 Å². The van der Waals surface area contributed by atoms with Gasteiger partial charge in [0.15, 0.2) is 0 Å². The standard InChI is InChI=1S/C13H5N3O3S/c14-6-9-4-8-3-7-5-10(16(18)19)1-2-11(7)15-12(8)20-13(9)17/h1-5H. The molecule has 3 aromatic rings. The molecule has 0 amide bonds. The maximum Gasteiger partial charge on any atom is 0.270 e. The Labute approximate surface area is 115 Å². The molecule has 0 saturated heterocycles. The molecule has 0 atom stereocenters. The van der Waals surface area contributed by atoms with Crippen molar-refractivity contribution in [2.45, 2.75) is 0 Å². The molecule has 3 rings (SSSR count). The van der Waals surface area contributed by atoms with Gasteiger partial charge in [0.2, 0.25) is 0 Å². The summed E-state index contributed by atoms with van der Waals surface area (Å²) >= 11 is 0.895. The quantitative estimate of drug-likeness (QED) is 0.388. The molecule has 0 aliphatic rings. The van der Waals surface area contributed by atoms with E-state index in [9.17, 15) is 14.9 Å². The van der Waals surface area contributed by atoms with Gasteiger partial charge in [-0.3, -0.25) is 14.9 Å². The molecule has 0 aliphatic heterocycles. The van der Waals surface area contributed by atoms with E-state index in [1.807, 2.05) is 6.07 Å². The van der Waals surface area contributed by atoms with Gasteiger partial charge in [-0.2, -0.15) is 5.26 Å². The van der Waals surface area contributed by atoms with Crippen molar-refractivity contribution in [3.05, 3.63) is 55.5 Å². The third-order valence-electron chi connectivity index (χ3n) is 2.83. The van der Waals surface area contributed by atoms with Crippen LogP contribution in [-0.4, -0.2) is 9.91 Å². The number of fused-ring (bicyclic) bond motifs is 2. The number of nitrogens with zero attached hydrogens (tertiary/aromatic N) is 3. The molecule has 1 aromatic carbocycles. The fourth-order valence-electron chi connectivity index (χ4n) is 1.90. The van der Waals surface area contributed by atoms with Gasteiger partial charge in [0, 0.05) is 22.9 Å². The van der Waals surface area contributed by atoms with Crippen molar-refractivity contribution in [2.75, 3.05) is 0 Å². The lowest BCUT2D eigenvalue weighted by molar-refractivity contribution is -0.384. The van der Waals surface area contributed by atoms with Gasteiger partial charge in [0.1, 0.15) is 16.5 Å². The molecule has 0 bridgehead atoms. The third-order valence-corrected chi connectivity index (χ3v) is 3.76. The summed E-state index contributed by atoms with van der Waals surface area (Å²) in [7, 11) is 0. The minimum Gasteiger partial charge on any atom is -0.276 e. The first-order chi connectivity index (χ1) is 9.58. The summed E-state index contributed by atoms with van der Waals surface area (Å²) in [4.78, 5) is 26.7. The van der Waals surface area contributed by atoms with E-state index in [1.165, 1.54) is 18.2 Å². The average Bonchev–Trinajstić information content (AvgIpc) is 2.43. The highest BCUT2D eigenvalue weighted by molar-refractivity contribution is 7.15. The van der Waals surface area contributed by atoms with E-state index >= 15 is 0 Å². The van der Waals surface area contributed by atoms with Crippen molar-refractivity contribution < 1.29 is 4.92 Å². The lowest BCUT2D eigenvalue weighted by Gasteiger charge is -2.01. The largest absolute Gasteiger partial charge is 0.276 e. The molecule has 0 spiro atoms. The number of nitro groups is 1. The maximum absolute atomic E-state index is 11.6. The average molecular weight is 283 g/mol. The van der Waals surface area contributed by atoms with Crippen LogP contribution < -0.4 is 4.74 Å². The van der Waals surface area contributed by atoms with E-state index in [0.29, 0.717) is 21.1 Å². The lowest BCUT2D eigenvalue weighted by atomic mass is 10.1. The minimum absolute atomic E-state index is 0.0247. The molecule has 0 saturated carbocycles. The number of non-ortho nitro benzene ring substituents is 1. The van der Waals surface area contributed by atoms with E-state index in [4.69, 9.17) is 5.26 Å². The molecule has 6 nitrogen and oxygen atoms in total. The Morgan fingerprint density at radius 3 is 2.75 bits per heavy atom. The molecule has 7 heteroatoms. The van der Waals surface area contributed by atoms with Gasteiger partial charge in [0.25, 0.3) is 10.4 Å². The summed E-state index contributed by atoms with van der Waals surface area (Å²) in [6.45, 7) is 0. The van der Waals surface area contributed by atoms with E-state index in [1.54, 1.807) is 12.1 Å². The van der Waals surface area contributed by atoms with Crippen LogP contribution >= 0.6 is 11.3 Å². The second-order valence-electron chi connectivity index (χ2n) is 4.08. The van der Waals surface area contributed by atoms with E-state index in [-0.39, 0.29) is 16.0 Å². The zero-order valence-electron chi connectivity index (χ0n) is 9.86. The predicted molar refractivity (Wildman–Crippen MR) is 74.8 cm³/mol. The molecule has 2 aromatic heterocycles. The summed E-state index contributed by atoms with van der Waals surface area (Å²) in [6.07, 6.45) is 0. The van der Waals surface area contributed by atoms with E-state index < -0.39 is 4.92 Å². The fraction of sp³-hybridized carbons (Fsp3) is 0. The predicted octanol–water partition coefficient (Wildman–Crippen LogP) is 2.59. The third kappa shape index (κ3) is 1.88. The highest BCUT2D eigenvalue weighted by atomic mass is 32.1. The molecule has 0 unspecified atom stereocenters. The number of hydrogen-bond acceptors (Lipinski definition) is 6. The van der Waals surface area contributed by atoms with Crippen LogP contribution in [0.4, 0.5) is 5.69 Å². The van der Waals surface area contributed by atoms with Crippen LogP contribution in [0.3, 0.4) is 0 Å². The Balaban J connectivity index is 2.38. The van der Waals surface area contributed by atoms with Crippen LogP contribution in [-0.2, 0) is 0 Å². The zero-order chi connectivity index (χ0) is 14.3. The summed E-state index contributed by atoms with van der Waals surface area (Å²) < 4.78 is -0.339. The maximum atomic E-state index is 11.6. The molecule has 0 aliphatic carbocycles. The fourth-order valence-corrected chi connectivity index (χ4v) is 2.67. The molecular formula is C13H5N3O3S. The van der Waals surface area contributed by atoms with Gasteiger partial charge >= 0.3 is 0 Å². The Morgan fingerprint density at radius 1 is 1.25 bits per heavy atom. The van der Waals surface area contributed by atoms with Gasteiger partial charge in [-0.05, 0) is 18.2 Å². The summed E-state index contributed by atoms with van der Waals surface area (Å²) in [5, 5.41) is 20.8. The number of benzene rings is 1. The number of rotatable bonds is 1. The van der Waals surface area contributed by atoms with Crippen LogP contribution in [0.25, 0.3) is 21.1 Å². The van der Waals surface area contributed by atoms with Gasteiger partial charge < -0.3 is 0 Å². The first kappa shape index (κ1) is 12.2. The number of nitriles is 1. The summed E-state index contributed by atoms with van der Waals surface area (Å²) in [5.74, 6) is 0. The van der Waals surface area contributed by atoms with Gasteiger partial charge in [-0.15, -0.1) is 0 Å². The van der Waals surface area contributed by atoms with Gasteiger partial charge in [-0.1, -0.05) is 11.3 Å². The van der Waals surface area contributed by atoms with Crippen molar-refractivity contribution >= 4 is 38.1 Å². The van der Waals surface area contributed by atoms with Crippen molar-refractivity contribution in [2.24, 2.45) is 0 Å². The second kappa shape index (κ2) is 4.36. The molecule has 20 heavy (non-hydrogen) atoms. The zero-order valence-corrected chi connectivity index (χ0v) is 10.7. The van der Waals surface area contributed by atoms with Crippen LogP contribution in [0, 0.1) is 21.4 Å². The highest BCUT2D eigenvalue weighted by Gasteiger charge is 2.09. The highest BCUT2D eigenvalue weighted by Crippen LogP contribution is 2.24. The van der Waals surface area contributed by atoms with Crippen molar-refractivity contribution in [3.8, 4) is 6.07 Å². The number of pyridine rings is 1. The summed E-state index contributed by atoms with van der Waals surface area (Å²) in [5.41, 5.74) is 0.598. The number of hydrogen-bond donors (Lipinski definition) is 0. The molecule has 2 heterocycles. The monoisotopic (exact) mass is 283 g/mol. The smallest absolute Gasteiger partial charge is 0.270 e. The Hall–Kier alpha value is -2.85. The van der Waals surface area contributed by atoms with Crippen molar-refractivity contribution in [1.82, 2.24) is 4.98 Å². The van der Waals surface area contributed by atoms with Gasteiger partial charge in [0.05, 0.1) is 10.4 Å². The number of aromatic nitrogens is 1. The van der Waals surface area contributed by atoms with Crippen LogP contribution in [0.2, 0.25) is 0 Å². The second-order valence-corrected chi connectivity index (χ2v) is 5.04. The van der Waals surface area contributed by atoms with Crippen LogP contribution in [0.1, 0.15) is 5.56 Å². The Kier molecular flexibility index (Phi) is 2.66. The summed E-state index contributed by atoms with van der Waals surface area (Å²) in [6, 6.07) is 9.31. The molecule has 0 radical (unpaired) electrons. The molecular weight excluding hydrogens is 278 g/mol.